The predicted octanol–water partition coefficient (Wildman–Crippen LogP) is 4.19. The maximum atomic E-state index is 9.67. The molecule has 3 aromatic rings. The van der Waals surface area contributed by atoms with E-state index < -0.39 is 0 Å². The van der Waals surface area contributed by atoms with E-state index in [0.29, 0.717) is 44.3 Å². The number of fused-ring (bicyclic) bond motifs is 1. The lowest BCUT2D eigenvalue weighted by Crippen LogP contribution is -2.28. The number of halogens is 2. The number of ether oxygens (including phenoxy) is 1. The molecule has 0 bridgehead atoms. The van der Waals surface area contributed by atoms with Crippen LogP contribution >= 0.6 is 23.2 Å². The second-order valence-electron chi connectivity index (χ2n) is 6.90. The Bertz CT molecular complexity index is 1000. The van der Waals surface area contributed by atoms with Gasteiger partial charge in [-0.05, 0) is 37.8 Å². The quantitative estimate of drug-likeness (QED) is 0.548. The van der Waals surface area contributed by atoms with Gasteiger partial charge in [-0.15, -0.1) is 0 Å². The lowest BCUT2D eigenvalue weighted by Gasteiger charge is -2.26. The van der Waals surface area contributed by atoms with Gasteiger partial charge in [0.15, 0.2) is 11.6 Å². The van der Waals surface area contributed by atoms with Crippen molar-refractivity contribution in [3.8, 4) is 5.75 Å². The van der Waals surface area contributed by atoms with Crippen molar-refractivity contribution >= 4 is 51.7 Å². The number of nitrogens with zero attached hydrogens (tertiary/aromatic N) is 4. The number of aromatic nitrogens is 4. The first kappa shape index (κ1) is 19.9. The molecule has 1 aromatic carbocycles. The Morgan fingerprint density at radius 1 is 1.07 bits per heavy atom. The minimum absolute atomic E-state index is 0.210. The van der Waals surface area contributed by atoms with Gasteiger partial charge < -0.3 is 20.5 Å². The minimum atomic E-state index is -0.210. The van der Waals surface area contributed by atoms with Crippen LogP contribution in [0.2, 0.25) is 10.0 Å². The molecule has 2 aromatic heterocycles. The summed E-state index contributed by atoms with van der Waals surface area (Å²) in [4.78, 5) is 17.5. The second-order valence-corrected chi connectivity index (χ2v) is 7.71. The molecule has 8 nitrogen and oxygen atoms in total. The van der Waals surface area contributed by atoms with E-state index in [1.807, 2.05) is 0 Å². The summed E-state index contributed by atoms with van der Waals surface area (Å²) in [6, 6.07) is 3.64. The number of hydrogen-bond acceptors (Lipinski definition) is 8. The van der Waals surface area contributed by atoms with Gasteiger partial charge >= 0.3 is 0 Å². The molecule has 29 heavy (non-hydrogen) atoms. The molecule has 1 aliphatic rings. The van der Waals surface area contributed by atoms with Gasteiger partial charge in [0.25, 0.3) is 0 Å². The zero-order valence-electron chi connectivity index (χ0n) is 15.7. The van der Waals surface area contributed by atoms with Crippen molar-refractivity contribution in [3.05, 3.63) is 34.7 Å². The van der Waals surface area contributed by atoms with Gasteiger partial charge in [0.2, 0.25) is 5.95 Å². The summed E-state index contributed by atoms with van der Waals surface area (Å²) in [6.45, 7) is 0. The Labute approximate surface area is 177 Å². The molecule has 0 saturated heterocycles. The summed E-state index contributed by atoms with van der Waals surface area (Å²) < 4.78 is 5.18. The van der Waals surface area contributed by atoms with E-state index in [0.717, 1.165) is 25.7 Å². The molecule has 10 heteroatoms. The Morgan fingerprint density at radius 2 is 1.79 bits per heavy atom. The van der Waals surface area contributed by atoms with E-state index in [1.54, 1.807) is 18.3 Å². The molecule has 0 amide bonds. The van der Waals surface area contributed by atoms with Crippen molar-refractivity contribution in [3.63, 3.8) is 0 Å². The Hall–Kier alpha value is -2.42. The standard InChI is InChI=1S/C19H20Cl2N6O2/c1-29-17-13(20)6-11(7-14(17)21)25-18-16-15(23-9-24-18)8-22-19(27-16)26-10-2-4-12(28)5-3-10/h6-10,12,28H,2-5H2,1H3,(H,22,26,27)(H,23,24,25). The highest BCUT2D eigenvalue weighted by Gasteiger charge is 2.20. The maximum absolute atomic E-state index is 9.67. The fourth-order valence-corrected chi connectivity index (χ4v) is 4.02. The average molecular weight is 435 g/mol. The summed E-state index contributed by atoms with van der Waals surface area (Å²) in [7, 11) is 1.51. The number of rotatable bonds is 5. The molecule has 3 N–H and O–H groups in total. The number of hydrogen-bond donors (Lipinski definition) is 3. The number of aliphatic hydroxyl groups is 1. The van der Waals surface area contributed by atoms with E-state index in [-0.39, 0.29) is 12.1 Å². The smallest absolute Gasteiger partial charge is 0.223 e. The molecule has 4 rings (SSSR count). The second kappa shape index (κ2) is 8.52. The monoisotopic (exact) mass is 434 g/mol. The molecule has 0 unspecified atom stereocenters. The minimum Gasteiger partial charge on any atom is -0.494 e. The van der Waals surface area contributed by atoms with Crippen molar-refractivity contribution in [2.75, 3.05) is 17.7 Å². The highest BCUT2D eigenvalue weighted by Crippen LogP contribution is 2.36. The van der Waals surface area contributed by atoms with Gasteiger partial charge in [-0.2, -0.15) is 0 Å². The van der Waals surface area contributed by atoms with E-state index >= 15 is 0 Å². The van der Waals surface area contributed by atoms with E-state index in [9.17, 15) is 5.11 Å². The van der Waals surface area contributed by atoms with Gasteiger partial charge in [0, 0.05) is 11.7 Å². The molecule has 0 aliphatic heterocycles. The molecule has 1 saturated carbocycles. The summed E-state index contributed by atoms with van der Waals surface area (Å²) in [5.74, 6) is 1.43. The summed E-state index contributed by atoms with van der Waals surface area (Å²) in [5, 5.41) is 17.0. The molecule has 1 aliphatic carbocycles. The van der Waals surface area contributed by atoms with Crippen LogP contribution in [-0.4, -0.2) is 44.3 Å². The third-order valence-electron chi connectivity index (χ3n) is 4.87. The Balaban J connectivity index is 1.61. The molecule has 2 heterocycles. The fraction of sp³-hybridized carbons (Fsp3) is 0.368. The third kappa shape index (κ3) is 4.44. The van der Waals surface area contributed by atoms with Gasteiger partial charge in [-0.25, -0.2) is 19.9 Å². The van der Waals surface area contributed by atoms with Gasteiger partial charge in [-0.3, -0.25) is 0 Å². The number of anilines is 3. The first-order chi connectivity index (χ1) is 14.0. The molecular formula is C19H20Cl2N6O2. The highest BCUT2D eigenvalue weighted by atomic mass is 35.5. The first-order valence-electron chi connectivity index (χ1n) is 9.26. The van der Waals surface area contributed by atoms with Crippen molar-refractivity contribution in [2.45, 2.75) is 37.8 Å². The van der Waals surface area contributed by atoms with E-state index in [1.165, 1.54) is 13.4 Å². The van der Waals surface area contributed by atoms with Crippen molar-refractivity contribution in [2.24, 2.45) is 0 Å². The van der Waals surface area contributed by atoms with Gasteiger partial charge in [0.1, 0.15) is 17.4 Å². The van der Waals surface area contributed by atoms with Crippen molar-refractivity contribution in [1.82, 2.24) is 19.9 Å². The molecule has 152 valence electrons. The van der Waals surface area contributed by atoms with Gasteiger partial charge in [0.05, 0.1) is 29.5 Å². The van der Waals surface area contributed by atoms with Crippen LogP contribution in [0.1, 0.15) is 25.7 Å². The maximum Gasteiger partial charge on any atom is 0.223 e. The number of methoxy groups -OCH3 is 1. The molecule has 0 atom stereocenters. The van der Waals surface area contributed by atoms with Crippen LogP contribution in [-0.2, 0) is 0 Å². The number of nitrogens with one attached hydrogen (secondary N) is 2. The van der Waals surface area contributed by atoms with Crippen molar-refractivity contribution < 1.29 is 9.84 Å². The lowest BCUT2D eigenvalue weighted by molar-refractivity contribution is 0.126. The Morgan fingerprint density at radius 3 is 2.48 bits per heavy atom. The van der Waals surface area contributed by atoms with E-state index in [4.69, 9.17) is 27.9 Å². The molecule has 1 fully saturated rings. The zero-order valence-corrected chi connectivity index (χ0v) is 17.2. The fourth-order valence-electron chi connectivity index (χ4n) is 3.38. The summed E-state index contributed by atoms with van der Waals surface area (Å²) in [5.41, 5.74) is 1.83. The van der Waals surface area contributed by atoms with Gasteiger partial charge in [-0.1, -0.05) is 23.2 Å². The predicted molar refractivity (Wildman–Crippen MR) is 113 cm³/mol. The molecular weight excluding hydrogens is 415 g/mol. The lowest BCUT2D eigenvalue weighted by atomic mass is 9.93. The average Bonchev–Trinajstić information content (AvgIpc) is 2.70. The Kier molecular flexibility index (Phi) is 5.84. The first-order valence-corrected chi connectivity index (χ1v) is 10.0. The topological polar surface area (TPSA) is 105 Å². The van der Waals surface area contributed by atoms with Crippen LogP contribution in [0, 0.1) is 0 Å². The normalized spacial score (nSPS) is 19.2. The van der Waals surface area contributed by atoms with Crippen LogP contribution in [0.25, 0.3) is 11.0 Å². The van der Waals surface area contributed by atoms with Crippen LogP contribution in [0.15, 0.2) is 24.7 Å². The van der Waals surface area contributed by atoms with Crippen molar-refractivity contribution in [1.29, 1.82) is 0 Å². The largest absolute Gasteiger partial charge is 0.494 e. The van der Waals surface area contributed by atoms with Crippen LogP contribution in [0.5, 0.6) is 5.75 Å². The van der Waals surface area contributed by atoms with Crippen LogP contribution in [0.3, 0.4) is 0 Å². The van der Waals surface area contributed by atoms with Crippen LogP contribution < -0.4 is 15.4 Å². The number of benzene rings is 1. The zero-order chi connectivity index (χ0) is 20.4. The molecule has 0 radical (unpaired) electrons. The summed E-state index contributed by atoms with van der Waals surface area (Å²) in [6.07, 6.45) is 6.20. The van der Waals surface area contributed by atoms with E-state index in [2.05, 4.69) is 30.6 Å². The number of aliphatic hydroxyl groups excluding tert-OH is 1. The SMILES string of the molecule is COc1c(Cl)cc(Nc2ncnc3cnc(NC4CCC(O)CC4)nc23)cc1Cl. The third-order valence-corrected chi connectivity index (χ3v) is 5.43. The van der Waals surface area contributed by atoms with Crippen LogP contribution in [0.4, 0.5) is 17.5 Å². The molecule has 0 spiro atoms. The summed E-state index contributed by atoms with van der Waals surface area (Å²) >= 11 is 12.5. The highest BCUT2D eigenvalue weighted by molar-refractivity contribution is 6.37.